The van der Waals surface area contributed by atoms with Crippen LogP contribution in [0.5, 0.6) is 0 Å². The maximum Gasteiger partial charge on any atom is 0.238 e. The topological polar surface area (TPSA) is 41.1 Å². The third-order valence-corrected chi connectivity index (χ3v) is 3.71. The maximum atomic E-state index is 11.9. The summed E-state index contributed by atoms with van der Waals surface area (Å²) in [5.41, 5.74) is 2.07. The number of halogens is 1. The second-order valence-electron chi connectivity index (χ2n) is 5.00. The SMILES string of the molecule is CC(CNCC(=O)Nc1cccc(Br)c1)c1ccccc1. The van der Waals surface area contributed by atoms with E-state index in [2.05, 4.69) is 45.6 Å². The van der Waals surface area contributed by atoms with Crippen LogP contribution in [0.25, 0.3) is 0 Å². The fraction of sp³-hybridized carbons (Fsp3) is 0.235. The van der Waals surface area contributed by atoms with Crippen molar-refractivity contribution in [3.63, 3.8) is 0 Å². The molecule has 21 heavy (non-hydrogen) atoms. The molecule has 0 aliphatic carbocycles. The average molecular weight is 347 g/mol. The summed E-state index contributed by atoms with van der Waals surface area (Å²) in [7, 11) is 0. The molecule has 2 aromatic carbocycles. The Kier molecular flexibility index (Phi) is 5.96. The lowest BCUT2D eigenvalue weighted by molar-refractivity contribution is -0.115. The van der Waals surface area contributed by atoms with Gasteiger partial charge in [-0.1, -0.05) is 59.3 Å². The van der Waals surface area contributed by atoms with E-state index in [9.17, 15) is 4.79 Å². The van der Waals surface area contributed by atoms with Gasteiger partial charge in [0.2, 0.25) is 5.91 Å². The second-order valence-corrected chi connectivity index (χ2v) is 5.92. The van der Waals surface area contributed by atoms with Crippen molar-refractivity contribution < 1.29 is 4.79 Å². The van der Waals surface area contributed by atoms with Gasteiger partial charge in [0.15, 0.2) is 0 Å². The van der Waals surface area contributed by atoms with Crippen LogP contribution < -0.4 is 10.6 Å². The summed E-state index contributed by atoms with van der Waals surface area (Å²) in [5, 5.41) is 6.06. The Balaban J connectivity index is 1.74. The first kappa shape index (κ1) is 15.7. The molecular weight excluding hydrogens is 328 g/mol. The van der Waals surface area contributed by atoms with E-state index in [0.717, 1.165) is 16.7 Å². The van der Waals surface area contributed by atoms with Crippen molar-refractivity contribution >= 4 is 27.5 Å². The quantitative estimate of drug-likeness (QED) is 0.835. The molecule has 0 aromatic heterocycles. The van der Waals surface area contributed by atoms with Crippen LogP contribution in [0.3, 0.4) is 0 Å². The van der Waals surface area contributed by atoms with Gasteiger partial charge >= 0.3 is 0 Å². The number of hydrogen-bond acceptors (Lipinski definition) is 2. The molecule has 0 saturated heterocycles. The van der Waals surface area contributed by atoms with E-state index >= 15 is 0 Å². The molecule has 2 aromatic rings. The standard InChI is InChI=1S/C17H19BrN2O/c1-13(14-6-3-2-4-7-14)11-19-12-17(21)20-16-9-5-8-15(18)10-16/h2-10,13,19H,11-12H2,1H3,(H,20,21). The number of hydrogen-bond donors (Lipinski definition) is 2. The minimum Gasteiger partial charge on any atom is -0.325 e. The molecule has 2 N–H and O–H groups in total. The molecule has 110 valence electrons. The van der Waals surface area contributed by atoms with E-state index in [-0.39, 0.29) is 5.91 Å². The third kappa shape index (κ3) is 5.33. The predicted octanol–water partition coefficient (Wildman–Crippen LogP) is 3.78. The Labute approximate surface area is 133 Å². The smallest absolute Gasteiger partial charge is 0.238 e. The Hall–Kier alpha value is -1.65. The molecule has 0 fully saturated rings. The molecule has 0 aliphatic heterocycles. The van der Waals surface area contributed by atoms with E-state index in [1.165, 1.54) is 5.56 Å². The first-order valence-corrected chi connectivity index (χ1v) is 7.75. The van der Waals surface area contributed by atoms with Gasteiger partial charge in [0.1, 0.15) is 0 Å². The molecule has 4 heteroatoms. The van der Waals surface area contributed by atoms with E-state index in [4.69, 9.17) is 0 Å². The van der Waals surface area contributed by atoms with Gasteiger partial charge in [0, 0.05) is 16.7 Å². The summed E-state index contributed by atoms with van der Waals surface area (Å²) in [6.07, 6.45) is 0. The van der Waals surface area contributed by atoms with E-state index in [1.54, 1.807) is 0 Å². The van der Waals surface area contributed by atoms with Gasteiger partial charge in [0.05, 0.1) is 6.54 Å². The van der Waals surface area contributed by atoms with Gasteiger partial charge in [-0.25, -0.2) is 0 Å². The van der Waals surface area contributed by atoms with Crippen LogP contribution in [-0.2, 0) is 4.79 Å². The van der Waals surface area contributed by atoms with Crippen LogP contribution >= 0.6 is 15.9 Å². The second kappa shape index (κ2) is 7.96. The molecule has 0 bridgehead atoms. The van der Waals surface area contributed by atoms with Crippen molar-refractivity contribution in [2.24, 2.45) is 0 Å². The zero-order valence-electron chi connectivity index (χ0n) is 12.0. The summed E-state index contributed by atoms with van der Waals surface area (Å²) in [4.78, 5) is 11.9. The van der Waals surface area contributed by atoms with Gasteiger partial charge in [-0.05, 0) is 29.7 Å². The highest BCUT2D eigenvalue weighted by Crippen LogP contribution is 2.15. The van der Waals surface area contributed by atoms with Crippen LogP contribution in [0, 0.1) is 0 Å². The van der Waals surface area contributed by atoms with Crippen LogP contribution in [0.1, 0.15) is 18.4 Å². The van der Waals surface area contributed by atoms with Gasteiger partial charge in [0.25, 0.3) is 0 Å². The highest BCUT2D eigenvalue weighted by Gasteiger charge is 2.06. The molecule has 1 atom stereocenters. The van der Waals surface area contributed by atoms with Crippen molar-refractivity contribution in [1.29, 1.82) is 0 Å². The third-order valence-electron chi connectivity index (χ3n) is 3.21. The van der Waals surface area contributed by atoms with E-state index < -0.39 is 0 Å². The number of carbonyl (C=O) groups excluding carboxylic acids is 1. The molecule has 0 saturated carbocycles. The van der Waals surface area contributed by atoms with E-state index in [1.807, 2.05) is 42.5 Å². The number of rotatable bonds is 6. The van der Waals surface area contributed by atoms with Crippen molar-refractivity contribution in [3.05, 3.63) is 64.6 Å². The highest BCUT2D eigenvalue weighted by molar-refractivity contribution is 9.10. The Morgan fingerprint density at radius 1 is 1.14 bits per heavy atom. The van der Waals surface area contributed by atoms with E-state index in [0.29, 0.717) is 12.5 Å². The zero-order valence-corrected chi connectivity index (χ0v) is 13.6. The average Bonchev–Trinajstić information content (AvgIpc) is 2.48. The van der Waals surface area contributed by atoms with Crippen LogP contribution in [0.4, 0.5) is 5.69 Å². The van der Waals surface area contributed by atoms with Crippen molar-refractivity contribution in [3.8, 4) is 0 Å². The predicted molar refractivity (Wildman–Crippen MR) is 90.5 cm³/mol. The van der Waals surface area contributed by atoms with Crippen LogP contribution in [0.2, 0.25) is 0 Å². The summed E-state index contributed by atoms with van der Waals surface area (Å²) < 4.78 is 0.950. The van der Waals surface area contributed by atoms with Gasteiger partial charge < -0.3 is 10.6 Å². The molecule has 1 amide bonds. The normalized spacial score (nSPS) is 11.9. The Morgan fingerprint density at radius 2 is 1.90 bits per heavy atom. The molecular formula is C17H19BrN2O. The lowest BCUT2D eigenvalue weighted by Gasteiger charge is -2.13. The van der Waals surface area contributed by atoms with Crippen molar-refractivity contribution in [1.82, 2.24) is 5.32 Å². The molecule has 2 rings (SSSR count). The van der Waals surface area contributed by atoms with Gasteiger partial charge in [-0.3, -0.25) is 4.79 Å². The number of nitrogens with one attached hydrogen (secondary N) is 2. The first-order valence-electron chi connectivity index (χ1n) is 6.96. The number of benzene rings is 2. The number of amides is 1. The molecule has 3 nitrogen and oxygen atoms in total. The highest BCUT2D eigenvalue weighted by atomic mass is 79.9. The van der Waals surface area contributed by atoms with Crippen molar-refractivity contribution in [2.45, 2.75) is 12.8 Å². The molecule has 0 aliphatic rings. The molecule has 0 spiro atoms. The number of anilines is 1. The fourth-order valence-electron chi connectivity index (χ4n) is 2.07. The lowest BCUT2D eigenvalue weighted by atomic mass is 10.0. The Morgan fingerprint density at radius 3 is 2.62 bits per heavy atom. The van der Waals surface area contributed by atoms with Gasteiger partial charge in [-0.15, -0.1) is 0 Å². The summed E-state index contributed by atoms with van der Waals surface area (Å²) in [5.74, 6) is 0.346. The summed E-state index contributed by atoms with van der Waals surface area (Å²) >= 11 is 3.38. The summed E-state index contributed by atoms with van der Waals surface area (Å²) in [6, 6.07) is 17.9. The Bertz CT molecular complexity index is 586. The van der Waals surface area contributed by atoms with Crippen molar-refractivity contribution in [2.75, 3.05) is 18.4 Å². The first-order chi connectivity index (χ1) is 10.1. The van der Waals surface area contributed by atoms with Gasteiger partial charge in [-0.2, -0.15) is 0 Å². The number of carbonyl (C=O) groups is 1. The molecule has 1 unspecified atom stereocenters. The minimum atomic E-state index is -0.0339. The monoisotopic (exact) mass is 346 g/mol. The fourth-order valence-corrected chi connectivity index (χ4v) is 2.47. The molecule has 0 radical (unpaired) electrons. The largest absolute Gasteiger partial charge is 0.325 e. The van der Waals surface area contributed by atoms with Crippen LogP contribution in [0.15, 0.2) is 59.1 Å². The summed E-state index contributed by atoms with van der Waals surface area (Å²) in [6.45, 7) is 3.23. The minimum absolute atomic E-state index is 0.0339. The van der Waals surface area contributed by atoms with Crippen LogP contribution in [-0.4, -0.2) is 19.0 Å². The lowest BCUT2D eigenvalue weighted by Crippen LogP contribution is -2.30. The zero-order chi connectivity index (χ0) is 15.1. The molecule has 0 heterocycles. The maximum absolute atomic E-state index is 11.9.